The van der Waals surface area contributed by atoms with Crippen LogP contribution in [0.15, 0.2) is 18.3 Å². The molecule has 7 heteroatoms. The van der Waals surface area contributed by atoms with Crippen molar-refractivity contribution in [1.29, 1.82) is 0 Å². The van der Waals surface area contributed by atoms with Crippen LogP contribution in [0.3, 0.4) is 0 Å². The number of hydrogen-bond donors (Lipinski definition) is 1. The number of aromatic nitrogens is 1. The zero-order valence-electron chi connectivity index (χ0n) is 14.0. The Morgan fingerprint density at radius 3 is 2.67 bits per heavy atom. The maximum atomic E-state index is 12.8. The summed E-state index contributed by atoms with van der Waals surface area (Å²) >= 11 is 0. The Balaban J connectivity index is 1.72. The average molecular weight is 332 g/mol. The molecule has 2 saturated heterocycles. The fourth-order valence-electron chi connectivity index (χ4n) is 3.27. The summed E-state index contributed by atoms with van der Waals surface area (Å²) in [5.74, 6) is 0.640. The van der Waals surface area contributed by atoms with Gasteiger partial charge >= 0.3 is 0 Å². The summed E-state index contributed by atoms with van der Waals surface area (Å²) in [4.78, 5) is 33.1. The molecule has 0 spiro atoms. The number of nitrogens with zero attached hydrogens (tertiary/aromatic N) is 3. The number of carbonyl (C=O) groups is 2. The van der Waals surface area contributed by atoms with Crippen LogP contribution in [-0.4, -0.2) is 67.6 Å². The van der Waals surface area contributed by atoms with Gasteiger partial charge in [0.15, 0.2) is 0 Å². The molecule has 3 heterocycles. The molecular weight excluding hydrogens is 308 g/mol. The van der Waals surface area contributed by atoms with Gasteiger partial charge in [0, 0.05) is 32.9 Å². The number of anilines is 1. The van der Waals surface area contributed by atoms with Crippen LogP contribution in [0.4, 0.5) is 5.82 Å². The lowest BCUT2D eigenvalue weighted by Gasteiger charge is -2.34. The van der Waals surface area contributed by atoms with Crippen LogP contribution in [0.2, 0.25) is 0 Å². The molecule has 0 aromatic carbocycles. The van der Waals surface area contributed by atoms with E-state index in [0.29, 0.717) is 31.7 Å². The van der Waals surface area contributed by atoms with Crippen molar-refractivity contribution < 1.29 is 14.3 Å². The standard InChI is InChI=1S/C17H24N4O3/c1-18-16(22)14-4-2-3-7-21(14)17(23)13-5-6-15(19-12-13)20-8-10-24-11-9-20/h5-6,12,14H,2-4,7-11H2,1H3,(H,18,22). The molecule has 2 aliphatic heterocycles. The molecule has 0 saturated carbocycles. The normalized spacial score (nSPS) is 21.5. The van der Waals surface area contributed by atoms with E-state index >= 15 is 0 Å². The van der Waals surface area contributed by atoms with E-state index < -0.39 is 0 Å². The molecule has 1 aromatic rings. The lowest BCUT2D eigenvalue weighted by molar-refractivity contribution is -0.126. The second-order valence-electron chi connectivity index (χ2n) is 6.13. The van der Waals surface area contributed by atoms with Crippen molar-refractivity contribution in [3.8, 4) is 0 Å². The summed E-state index contributed by atoms with van der Waals surface area (Å²) in [5.41, 5.74) is 0.530. The molecule has 1 N–H and O–H groups in total. The van der Waals surface area contributed by atoms with Crippen molar-refractivity contribution >= 4 is 17.6 Å². The minimum Gasteiger partial charge on any atom is -0.378 e. The quantitative estimate of drug-likeness (QED) is 0.880. The van der Waals surface area contributed by atoms with E-state index in [1.807, 2.05) is 6.07 Å². The topological polar surface area (TPSA) is 74.8 Å². The van der Waals surface area contributed by atoms with Gasteiger partial charge in [0.25, 0.3) is 5.91 Å². The molecular formula is C17H24N4O3. The zero-order valence-corrected chi connectivity index (χ0v) is 14.0. The van der Waals surface area contributed by atoms with Crippen molar-refractivity contribution in [2.24, 2.45) is 0 Å². The zero-order chi connectivity index (χ0) is 16.9. The number of likely N-dealkylation sites (N-methyl/N-ethyl adjacent to an activating group) is 1. The summed E-state index contributed by atoms with van der Waals surface area (Å²) in [6.07, 6.45) is 4.22. The highest BCUT2D eigenvalue weighted by Gasteiger charge is 2.32. The molecule has 1 atom stereocenters. The molecule has 2 fully saturated rings. The minimum atomic E-state index is -0.379. The molecule has 0 radical (unpaired) electrons. The van der Waals surface area contributed by atoms with Crippen LogP contribution in [0.5, 0.6) is 0 Å². The fraction of sp³-hybridized carbons (Fsp3) is 0.588. The molecule has 7 nitrogen and oxygen atoms in total. The Labute approximate surface area is 142 Å². The van der Waals surface area contributed by atoms with Crippen LogP contribution in [0.25, 0.3) is 0 Å². The summed E-state index contributed by atoms with van der Waals surface area (Å²) in [6.45, 7) is 3.63. The third kappa shape index (κ3) is 3.51. The molecule has 0 aliphatic carbocycles. The molecule has 0 bridgehead atoms. The number of ether oxygens (including phenoxy) is 1. The maximum absolute atomic E-state index is 12.8. The monoisotopic (exact) mass is 332 g/mol. The van der Waals surface area contributed by atoms with Crippen LogP contribution < -0.4 is 10.2 Å². The smallest absolute Gasteiger partial charge is 0.256 e. The molecule has 24 heavy (non-hydrogen) atoms. The largest absolute Gasteiger partial charge is 0.378 e. The number of carbonyl (C=O) groups excluding carboxylic acids is 2. The highest BCUT2D eigenvalue weighted by Crippen LogP contribution is 2.21. The van der Waals surface area contributed by atoms with Gasteiger partial charge in [-0.15, -0.1) is 0 Å². The highest BCUT2D eigenvalue weighted by atomic mass is 16.5. The number of morpholine rings is 1. The SMILES string of the molecule is CNC(=O)C1CCCCN1C(=O)c1ccc(N2CCOCC2)nc1. The summed E-state index contributed by atoms with van der Waals surface area (Å²) in [7, 11) is 1.61. The maximum Gasteiger partial charge on any atom is 0.256 e. The molecule has 2 amide bonds. The van der Waals surface area contributed by atoms with E-state index in [9.17, 15) is 9.59 Å². The van der Waals surface area contributed by atoms with Gasteiger partial charge in [-0.1, -0.05) is 0 Å². The van der Waals surface area contributed by atoms with E-state index in [4.69, 9.17) is 4.74 Å². The average Bonchev–Trinajstić information content (AvgIpc) is 2.67. The van der Waals surface area contributed by atoms with Gasteiger partial charge in [-0.05, 0) is 31.4 Å². The Morgan fingerprint density at radius 2 is 2.00 bits per heavy atom. The number of hydrogen-bond acceptors (Lipinski definition) is 5. The number of pyridine rings is 1. The van der Waals surface area contributed by atoms with E-state index in [1.54, 1.807) is 24.2 Å². The summed E-state index contributed by atoms with van der Waals surface area (Å²) in [5, 5.41) is 2.66. The number of rotatable bonds is 3. The van der Waals surface area contributed by atoms with Gasteiger partial charge in [0.05, 0.1) is 18.8 Å². The first-order valence-corrected chi connectivity index (χ1v) is 8.52. The fourth-order valence-corrected chi connectivity index (χ4v) is 3.27. The lowest BCUT2D eigenvalue weighted by Crippen LogP contribution is -2.51. The Hall–Kier alpha value is -2.15. The molecule has 1 unspecified atom stereocenters. The Bertz CT molecular complexity index is 584. The van der Waals surface area contributed by atoms with Crippen molar-refractivity contribution in [3.63, 3.8) is 0 Å². The number of piperidine rings is 1. The van der Waals surface area contributed by atoms with E-state index in [0.717, 1.165) is 31.7 Å². The first kappa shape index (κ1) is 16.7. The van der Waals surface area contributed by atoms with Gasteiger partial charge < -0.3 is 19.9 Å². The van der Waals surface area contributed by atoms with Crippen LogP contribution in [-0.2, 0) is 9.53 Å². The van der Waals surface area contributed by atoms with Crippen molar-refractivity contribution in [3.05, 3.63) is 23.9 Å². The van der Waals surface area contributed by atoms with Gasteiger partial charge in [-0.25, -0.2) is 4.98 Å². The number of likely N-dealkylation sites (tertiary alicyclic amines) is 1. The van der Waals surface area contributed by atoms with E-state index in [2.05, 4.69) is 15.2 Å². The van der Waals surface area contributed by atoms with Crippen molar-refractivity contribution in [1.82, 2.24) is 15.2 Å². The Morgan fingerprint density at radius 1 is 1.21 bits per heavy atom. The van der Waals surface area contributed by atoms with Crippen LogP contribution >= 0.6 is 0 Å². The second kappa shape index (κ2) is 7.61. The lowest BCUT2D eigenvalue weighted by atomic mass is 10.0. The minimum absolute atomic E-state index is 0.0963. The Kier molecular flexibility index (Phi) is 5.30. The number of amides is 2. The molecule has 130 valence electrons. The molecule has 3 rings (SSSR count). The molecule has 1 aromatic heterocycles. The van der Waals surface area contributed by atoms with Gasteiger partial charge in [-0.3, -0.25) is 9.59 Å². The third-order valence-electron chi connectivity index (χ3n) is 4.64. The predicted molar refractivity (Wildman–Crippen MR) is 90.0 cm³/mol. The van der Waals surface area contributed by atoms with Crippen LogP contribution in [0, 0.1) is 0 Å². The van der Waals surface area contributed by atoms with E-state index in [1.165, 1.54) is 0 Å². The second-order valence-corrected chi connectivity index (χ2v) is 6.13. The highest BCUT2D eigenvalue weighted by molar-refractivity contribution is 5.97. The summed E-state index contributed by atoms with van der Waals surface area (Å²) < 4.78 is 5.34. The summed E-state index contributed by atoms with van der Waals surface area (Å²) in [6, 6.07) is 3.29. The van der Waals surface area contributed by atoms with Gasteiger partial charge in [0.2, 0.25) is 5.91 Å². The van der Waals surface area contributed by atoms with Gasteiger partial charge in [-0.2, -0.15) is 0 Å². The van der Waals surface area contributed by atoms with Crippen molar-refractivity contribution in [2.75, 3.05) is 44.8 Å². The van der Waals surface area contributed by atoms with Crippen LogP contribution in [0.1, 0.15) is 29.6 Å². The van der Waals surface area contributed by atoms with Gasteiger partial charge in [0.1, 0.15) is 11.9 Å². The number of nitrogens with one attached hydrogen (secondary N) is 1. The first-order chi connectivity index (χ1) is 11.7. The first-order valence-electron chi connectivity index (χ1n) is 8.52. The van der Waals surface area contributed by atoms with E-state index in [-0.39, 0.29) is 17.9 Å². The molecule has 2 aliphatic rings. The van der Waals surface area contributed by atoms with Crippen molar-refractivity contribution in [2.45, 2.75) is 25.3 Å². The third-order valence-corrected chi connectivity index (χ3v) is 4.64. The predicted octanol–water partition coefficient (Wildman–Crippen LogP) is 0.659.